The summed E-state index contributed by atoms with van der Waals surface area (Å²) < 4.78 is 11.3. The molecule has 0 unspecified atom stereocenters. The Hall–Kier alpha value is -2.83. The van der Waals surface area contributed by atoms with E-state index in [0.29, 0.717) is 10.2 Å². The first-order chi connectivity index (χ1) is 10.6. The SMILES string of the molecule is CCOC(=O)n1c(-c2ccccc2)cc(=O)n1C(=O)OCC. The zero-order chi connectivity index (χ0) is 16.1. The van der Waals surface area contributed by atoms with Gasteiger partial charge in [0.25, 0.3) is 5.56 Å². The lowest BCUT2D eigenvalue weighted by molar-refractivity contribution is 0.129. The average Bonchev–Trinajstić information content (AvgIpc) is 2.86. The molecule has 0 N–H and O–H groups in total. The van der Waals surface area contributed by atoms with Crippen molar-refractivity contribution in [2.45, 2.75) is 13.8 Å². The lowest BCUT2D eigenvalue weighted by Crippen LogP contribution is -2.34. The topological polar surface area (TPSA) is 79.5 Å². The Kier molecular flexibility index (Phi) is 4.77. The van der Waals surface area contributed by atoms with Gasteiger partial charge in [-0.25, -0.2) is 9.59 Å². The Labute approximate surface area is 126 Å². The predicted molar refractivity (Wildman–Crippen MR) is 79.0 cm³/mol. The second-order valence-electron chi connectivity index (χ2n) is 4.26. The summed E-state index contributed by atoms with van der Waals surface area (Å²) in [6, 6.07) is 9.97. The first kappa shape index (κ1) is 15.6. The highest BCUT2D eigenvalue weighted by molar-refractivity contribution is 5.82. The number of ether oxygens (including phenoxy) is 2. The molecule has 2 rings (SSSR count). The first-order valence-electron chi connectivity index (χ1n) is 6.84. The van der Waals surface area contributed by atoms with Crippen molar-refractivity contribution in [2.24, 2.45) is 0 Å². The number of nitrogens with zero attached hydrogens (tertiary/aromatic N) is 2. The highest BCUT2D eigenvalue weighted by Gasteiger charge is 2.24. The number of rotatable bonds is 3. The Morgan fingerprint density at radius 3 is 2.05 bits per heavy atom. The van der Waals surface area contributed by atoms with Gasteiger partial charge in [0, 0.05) is 11.6 Å². The number of hydrogen-bond donors (Lipinski definition) is 0. The third-order valence-electron chi connectivity index (χ3n) is 2.85. The van der Waals surface area contributed by atoms with E-state index < -0.39 is 17.7 Å². The molecule has 0 aliphatic rings. The quantitative estimate of drug-likeness (QED) is 0.869. The minimum atomic E-state index is -0.928. The normalized spacial score (nSPS) is 10.3. The lowest BCUT2D eigenvalue weighted by atomic mass is 10.1. The van der Waals surface area contributed by atoms with Crippen molar-refractivity contribution >= 4 is 12.2 Å². The Morgan fingerprint density at radius 2 is 1.50 bits per heavy atom. The Balaban J connectivity index is 2.64. The summed E-state index contributed by atoms with van der Waals surface area (Å²) >= 11 is 0. The van der Waals surface area contributed by atoms with Crippen LogP contribution in [0.2, 0.25) is 0 Å². The van der Waals surface area contributed by atoms with Gasteiger partial charge in [-0.15, -0.1) is 4.68 Å². The molecule has 0 aliphatic heterocycles. The van der Waals surface area contributed by atoms with E-state index in [9.17, 15) is 14.4 Å². The van der Waals surface area contributed by atoms with E-state index in [-0.39, 0.29) is 18.9 Å². The maximum Gasteiger partial charge on any atom is 0.436 e. The molecular formula is C15H16N2O5. The van der Waals surface area contributed by atoms with Crippen molar-refractivity contribution in [3.05, 3.63) is 46.8 Å². The van der Waals surface area contributed by atoms with E-state index in [1.165, 1.54) is 6.07 Å². The minimum Gasteiger partial charge on any atom is -0.448 e. The molecule has 2 aromatic rings. The van der Waals surface area contributed by atoms with Crippen LogP contribution in [0.5, 0.6) is 0 Å². The largest absolute Gasteiger partial charge is 0.448 e. The van der Waals surface area contributed by atoms with E-state index in [0.717, 1.165) is 4.68 Å². The Morgan fingerprint density at radius 1 is 0.955 bits per heavy atom. The minimum absolute atomic E-state index is 0.0833. The number of carbonyl (C=O) groups is 2. The van der Waals surface area contributed by atoms with Crippen molar-refractivity contribution in [1.29, 1.82) is 0 Å². The van der Waals surface area contributed by atoms with Crippen molar-refractivity contribution in [3.8, 4) is 11.3 Å². The molecule has 7 heteroatoms. The smallest absolute Gasteiger partial charge is 0.436 e. The van der Waals surface area contributed by atoms with Crippen molar-refractivity contribution in [1.82, 2.24) is 9.36 Å². The van der Waals surface area contributed by atoms with E-state index in [4.69, 9.17) is 9.47 Å². The second kappa shape index (κ2) is 6.75. The molecule has 116 valence electrons. The van der Waals surface area contributed by atoms with Crippen molar-refractivity contribution in [2.75, 3.05) is 13.2 Å². The fourth-order valence-electron chi connectivity index (χ4n) is 1.98. The van der Waals surface area contributed by atoms with Crippen LogP contribution in [0.25, 0.3) is 11.3 Å². The molecule has 0 aliphatic carbocycles. The van der Waals surface area contributed by atoms with E-state index in [2.05, 4.69) is 0 Å². The molecular weight excluding hydrogens is 288 g/mol. The fourth-order valence-corrected chi connectivity index (χ4v) is 1.98. The highest BCUT2D eigenvalue weighted by Crippen LogP contribution is 2.18. The molecule has 1 aromatic carbocycles. The first-order valence-corrected chi connectivity index (χ1v) is 6.84. The van der Waals surface area contributed by atoms with Gasteiger partial charge in [-0.2, -0.15) is 4.68 Å². The van der Waals surface area contributed by atoms with Gasteiger partial charge in [0.1, 0.15) is 0 Å². The molecule has 0 saturated carbocycles. The summed E-state index contributed by atoms with van der Waals surface area (Å²) in [5, 5.41) is 0. The van der Waals surface area contributed by atoms with Crippen LogP contribution in [0, 0.1) is 0 Å². The highest BCUT2D eigenvalue weighted by atomic mass is 16.6. The predicted octanol–water partition coefficient (Wildman–Crippen LogP) is 2.33. The molecule has 0 spiro atoms. The molecule has 0 amide bonds. The monoisotopic (exact) mass is 304 g/mol. The molecule has 22 heavy (non-hydrogen) atoms. The van der Waals surface area contributed by atoms with Gasteiger partial charge in [0.15, 0.2) is 0 Å². The summed E-state index contributed by atoms with van der Waals surface area (Å²) in [5.74, 6) is 0. The molecule has 1 aromatic heterocycles. The second-order valence-corrected chi connectivity index (χ2v) is 4.26. The van der Waals surface area contributed by atoms with E-state index in [1.807, 2.05) is 0 Å². The number of aromatic nitrogens is 2. The number of carbonyl (C=O) groups excluding carboxylic acids is 2. The third kappa shape index (κ3) is 2.93. The van der Waals surface area contributed by atoms with Crippen molar-refractivity contribution < 1.29 is 19.1 Å². The average molecular weight is 304 g/mol. The maximum absolute atomic E-state index is 12.2. The number of hydrogen-bond acceptors (Lipinski definition) is 5. The molecule has 0 fully saturated rings. The van der Waals surface area contributed by atoms with Gasteiger partial charge in [0.2, 0.25) is 0 Å². The standard InChI is InChI=1S/C15H16N2O5/c1-3-21-14(19)16-12(11-8-6-5-7-9-11)10-13(18)17(16)15(20)22-4-2/h5-10H,3-4H2,1-2H3. The van der Waals surface area contributed by atoms with Crippen LogP contribution in [0.15, 0.2) is 41.2 Å². The number of benzene rings is 1. The molecule has 1 heterocycles. The summed E-state index contributed by atoms with van der Waals surface area (Å²) in [4.78, 5) is 36.2. The van der Waals surface area contributed by atoms with Gasteiger partial charge in [0.05, 0.1) is 18.9 Å². The molecule has 0 saturated heterocycles. The molecule has 7 nitrogen and oxygen atoms in total. The van der Waals surface area contributed by atoms with Gasteiger partial charge in [-0.1, -0.05) is 30.3 Å². The van der Waals surface area contributed by atoms with Crippen LogP contribution in [-0.4, -0.2) is 34.8 Å². The summed E-state index contributed by atoms with van der Waals surface area (Å²) in [7, 11) is 0. The summed E-state index contributed by atoms with van der Waals surface area (Å²) in [6.45, 7) is 3.44. The lowest BCUT2D eigenvalue weighted by Gasteiger charge is -2.12. The molecule has 0 radical (unpaired) electrons. The van der Waals surface area contributed by atoms with Crippen LogP contribution < -0.4 is 5.56 Å². The Bertz CT molecular complexity index is 730. The maximum atomic E-state index is 12.2. The van der Waals surface area contributed by atoms with Crippen LogP contribution in [0.4, 0.5) is 9.59 Å². The van der Waals surface area contributed by atoms with Gasteiger partial charge >= 0.3 is 12.2 Å². The molecule has 0 bridgehead atoms. The fraction of sp³-hybridized carbons (Fsp3) is 0.267. The van der Waals surface area contributed by atoms with Crippen LogP contribution in [-0.2, 0) is 9.47 Å². The zero-order valence-electron chi connectivity index (χ0n) is 12.3. The zero-order valence-corrected chi connectivity index (χ0v) is 12.3. The van der Waals surface area contributed by atoms with Gasteiger partial charge in [-0.05, 0) is 13.8 Å². The summed E-state index contributed by atoms with van der Waals surface area (Å²) in [5.41, 5.74) is 0.207. The van der Waals surface area contributed by atoms with Gasteiger partial charge in [-0.3, -0.25) is 4.79 Å². The van der Waals surface area contributed by atoms with Crippen LogP contribution in [0.3, 0.4) is 0 Å². The van der Waals surface area contributed by atoms with Crippen LogP contribution in [0.1, 0.15) is 13.8 Å². The van der Waals surface area contributed by atoms with E-state index >= 15 is 0 Å². The third-order valence-corrected chi connectivity index (χ3v) is 2.85. The molecule has 0 atom stereocenters. The van der Waals surface area contributed by atoms with Crippen molar-refractivity contribution in [3.63, 3.8) is 0 Å². The summed E-state index contributed by atoms with van der Waals surface area (Å²) in [6.07, 6.45) is -1.75. The van der Waals surface area contributed by atoms with Gasteiger partial charge < -0.3 is 9.47 Å². The van der Waals surface area contributed by atoms with Crippen LogP contribution >= 0.6 is 0 Å². The van der Waals surface area contributed by atoms with E-state index in [1.54, 1.807) is 44.2 Å².